The molecule has 0 saturated carbocycles. The second-order valence-corrected chi connectivity index (χ2v) is 11.2. The average Bonchev–Trinajstić information content (AvgIpc) is 3.29. The first-order valence-corrected chi connectivity index (χ1v) is 14.0. The standard InChI is InChI=1S/C34H25N3O6/c1-19-14-16-20(17-15-19)27(38)18-35(32(39)25-12-6-7-13-26(25)37(42)43)36-33(40)30-28-21-8-2-3-9-22(21)29(31(30)34(36)41)24-11-5-4-10-23(24)28/h2-17,28-31H,18H2,1H3/t28?,29?,30-,31-/m0/s1. The maximum Gasteiger partial charge on any atom is 0.282 e. The topological polar surface area (TPSA) is 118 Å². The highest BCUT2D eigenvalue weighted by molar-refractivity contribution is 6.11. The number of benzene rings is 4. The van der Waals surface area contributed by atoms with Crippen LogP contribution in [0.4, 0.5) is 5.69 Å². The van der Waals surface area contributed by atoms with Gasteiger partial charge in [0.1, 0.15) is 12.1 Å². The smallest absolute Gasteiger partial charge is 0.282 e. The first-order valence-electron chi connectivity index (χ1n) is 14.0. The van der Waals surface area contributed by atoms with Crippen LogP contribution in [0.15, 0.2) is 97.1 Å². The molecule has 1 saturated heterocycles. The van der Waals surface area contributed by atoms with Crippen LogP contribution in [0.5, 0.6) is 0 Å². The number of para-hydroxylation sites is 1. The molecular weight excluding hydrogens is 546 g/mol. The number of carbonyl (C=O) groups is 4. The van der Waals surface area contributed by atoms with Crippen LogP contribution in [-0.2, 0) is 9.59 Å². The van der Waals surface area contributed by atoms with Gasteiger partial charge in [-0.05, 0) is 35.2 Å². The van der Waals surface area contributed by atoms with Crippen molar-refractivity contribution in [2.45, 2.75) is 18.8 Å². The largest absolute Gasteiger partial charge is 0.292 e. The van der Waals surface area contributed by atoms with Gasteiger partial charge in [0.15, 0.2) is 5.78 Å². The van der Waals surface area contributed by atoms with Gasteiger partial charge >= 0.3 is 0 Å². The minimum Gasteiger partial charge on any atom is -0.292 e. The van der Waals surface area contributed by atoms with Crippen molar-refractivity contribution in [1.29, 1.82) is 0 Å². The molecule has 9 heteroatoms. The van der Waals surface area contributed by atoms with Crippen molar-refractivity contribution in [3.05, 3.63) is 146 Å². The van der Waals surface area contributed by atoms with E-state index in [0.29, 0.717) is 0 Å². The van der Waals surface area contributed by atoms with Crippen LogP contribution in [0.1, 0.15) is 60.4 Å². The summed E-state index contributed by atoms with van der Waals surface area (Å²) in [5, 5.41) is 13.4. The summed E-state index contributed by atoms with van der Waals surface area (Å²) in [6.07, 6.45) is 0. The van der Waals surface area contributed by atoms with Gasteiger partial charge in [-0.2, -0.15) is 5.01 Å². The van der Waals surface area contributed by atoms with E-state index >= 15 is 0 Å². The summed E-state index contributed by atoms with van der Waals surface area (Å²) < 4.78 is 0. The van der Waals surface area contributed by atoms with Crippen molar-refractivity contribution in [3.8, 4) is 0 Å². The Labute approximate surface area is 246 Å². The number of nitro groups is 1. The van der Waals surface area contributed by atoms with Gasteiger partial charge in [0, 0.05) is 23.5 Å². The van der Waals surface area contributed by atoms with E-state index in [1.165, 1.54) is 24.3 Å². The molecule has 1 fully saturated rings. The first kappa shape index (κ1) is 26.5. The number of amides is 3. The predicted octanol–water partition coefficient (Wildman–Crippen LogP) is 5.04. The van der Waals surface area contributed by atoms with Crippen molar-refractivity contribution in [1.82, 2.24) is 10.0 Å². The lowest BCUT2D eigenvalue weighted by Crippen LogP contribution is -2.52. The lowest BCUT2D eigenvalue weighted by molar-refractivity contribution is -0.385. The molecule has 0 radical (unpaired) electrons. The van der Waals surface area contributed by atoms with Gasteiger partial charge in [-0.25, -0.2) is 5.01 Å². The number of hydrogen-bond acceptors (Lipinski definition) is 6. The van der Waals surface area contributed by atoms with Crippen molar-refractivity contribution < 1.29 is 24.1 Å². The molecule has 9 nitrogen and oxygen atoms in total. The fourth-order valence-electron chi connectivity index (χ4n) is 7.05. The molecule has 212 valence electrons. The maximum atomic E-state index is 14.4. The number of carbonyl (C=O) groups excluding carboxylic acids is 4. The van der Waals surface area contributed by atoms with E-state index in [9.17, 15) is 29.3 Å². The van der Waals surface area contributed by atoms with E-state index in [-0.39, 0.29) is 11.1 Å². The minimum absolute atomic E-state index is 0.280. The Bertz CT molecular complexity index is 1750. The van der Waals surface area contributed by atoms with Gasteiger partial charge in [0.2, 0.25) is 0 Å². The van der Waals surface area contributed by atoms with E-state index in [4.69, 9.17) is 0 Å². The molecule has 1 heterocycles. The van der Waals surface area contributed by atoms with Crippen molar-refractivity contribution in [3.63, 3.8) is 0 Å². The van der Waals surface area contributed by atoms with E-state index in [0.717, 1.165) is 37.8 Å². The maximum absolute atomic E-state index is 14.4. The number of aryl methyl sites for hydroxylation is 1. The molecule has 2 atom stereocenters. The quantitative estimate of drug-likeness (QED) is 0.139. The number of imide groups is 1. The fourth-order valence-corrected chi connectivity index (χ4v) is 7.05. The molecule has 0 N–H and O–H groups in total. The summed E-state index contributed by atoms with van der Waals surface area (Å²) in [4.78, 5) is 67.6. The van der Waals surface area contributed by atoms with Gasteiger partial charge in [-0.3, -0.25) is 29.3 Å². The molecule has 1 aliphatic heterocycles. The lowest BCUT2D eigenvalue weighted by atomic mass is 9.55. The number of Topliss-reactive ketones (excluding diaryl/α,β-unsaturated/α-hetero) is 1. The molecular formula is C34H25N3O6. The highest BCUT2D eigenvalue weighted by Gasteiger charge is 2.63. The molecule has 3 amide bonds. The Kier molecular flexibility index (Phi) is 6.05. The molecule has 4 aromatic carbocycles. The molecule has 2 bridgehead atoms. The number of ketones is 1. The Balaban J connectivity index is 1.35. The van der Waals surface area contributed by atoms with Crippen molar-refractivity contribution in [2.24, 2.45) is 11.8 Å². The number of hydrazine groups is 1. The highest BCUT2D eigenvalue weighted by atomic mass is 16.6. The van der Waals surface area contributed by atoms with E-state index in [2.05, 4.69) is 0 Å². The number of hydrogen-bond donors (Lipinski definition) is 0. The Morgan fingerprint density at radius 2 is 1.21 bits per heavy atom. The third-order valence-electron chi connectivity index (χ3n) is 8.90. The molecule has 0 unspecified atom stereocenters. The number of nitro benzene ring substituents is 1. The van der Waals surface area contributed by atoms with Gasteiger partial charge in [-0.15, -0.1) is 0 Å². The van der Waals surface area contributed by atoms with Crippen LogP contribution in [-0.4, -0.2) is 45.0 Å². The van der Waals surface area contributed by atoms with Gasteiger partial charge in [0.05, 0.1) is 16.8 Å². The monoisotopic (exact) mass is 571 g/mol. The van der Waals surface area contributed by atoms with Crippen LogP contribution < -0.4 is 0 Å². The summed E-state index contributed by atoms with van der Waals surface area (Å²) in [7, 11) is 0. The van der Waals surface area contributed by atoms with Crippen molar-refractivity contribution in [2.75, 3.05) is 6.54 Å². The SMILES string of the molecule is Cc1ccc(C(=O)CN(C(=O)c2ccccc2[N+](=O)[O-])N2C(=O)[C@H]3C4c5ccccc5C(c5ccccc54)[C@@H]3C2=O)cc1. The van der Waals surface area contributed by atoms with Crippen LogP contribution in [0.2, 0.25) is 0 Å². The summed E-state index contributed by atoms with van der Waals surface area (Å²) in [5.74, 6) is -5.11. The third-order valence-corrected chi connectivity index (χ3v) is 8.90. The lowest BCUT2D eigenvalue weighted by Gasteiger charge is -2.45. The third kappa shape index (κ3) is 3.92. The summed E-state index contributed by atoms with van der Waals surface area (Å²) >= 11 is 0. The average molecular weight is 572 g/mol. The molecule has 43 heavy (non-hydrogen) atoms. The van der Waals surface area contributed by atoms with Crippen LogP contribution in [0, 0.1) is 28.9 Å². The highest BCUT2D eigenvalue weighted by Crippen LogP contribution is 2.61. The Hall–Kier alpha value is -5.44. The van der Waals surface area contributed by atoms with E-state index < -0.39 is 64.3 Å². The molecule has 4 aliphatic rings. The van der Waals surface area contributed by atoms with Crippen LogP contribution in [0.25, 0.3) is 0 Å². The summed E-state index contributed by atoms with van der Waals surface area (Å²) in [5.41, 5.74) is 4.23. The zero-order valence-electron chi connectivity index (χ0n) is 23.0. The summed E-state index contributed by atoms with van der Waals surface area (Å²) in [6.45, 7) is 1.21. The molecule has 8 rings (SSSR count). The number of nitrogens with zero attached hydrogens (tertiary/aromatic N) is 3. The van der Waals surface area contributed by atoms with Gasteiger partial charge in [0.25, 0.3) is 23.4 Å². The Morgan fingerprint density at radius 3 is 1.70 bits per heavy atom. The van der Waals surface area contributed by atoms with Crippen LogP contribution in [0.3, 0.4) is 0 Å². The van der Waals surface area contributed by atoms with Crippen LogP contribution >= 0.6 is 0 Å². The van der Waals surface area contributed by atoms with Gasteiger partial charge < -0.3 is 0 Å². The zero-order chi connectivity index (χ0) is 30.0. The Morgan fingerprint density at radius 1 is 0.744 bits per heavy atom. The summed E-state index contributed by atoms with van der Waals surface area (Å²) in [6, 6.07) is 27.5. The second-order valence-electron chi connectivity index (χ2n) is 11.2. The predicted molar refractivity (Wildman–Crippen MR) is 155 cm³/mol. The normalized spacial score (nSPS) is 21.2. The first-order chi connectivity index (χ1) is 20.8. The zero-order valence-corrected chi connectivity index (χ0v) is 23.0. The van der Waals surface area contributed by atoms with Crippen molar-refractivity contribution >= 4 is 29.2 Å². The second kappa shape index (κ2) is 9.84. The fraction of sp³-hybridized carbons (Fsp3) is 0.176. The molecule has 0 spiro atoms. The van der Waals surface area contributed by atoms with E-state index in [1.807, 2.05) is 55.5 Å². The van der Waals surface area contributed by atoms with E-state index in [1.54, 1.807) is 24.3 Å². The van der Waals surface area contributed by atoms with Gasteiger partial charge in [-0.1, -0.05) is 90.5 Å². The molecule has 0 aromatic heterocycles. The minimum atomic E-state index is -0.976. The number of rotatable bonds is 6. The molecule has 4 aromatic rings. The molecule has 3 aliphatic carbocycles.